The summed E-state index contributed by atoms with van der Waals surface area (Å²) in [6.07, 6.45) is 0. The summed E-state index contributed by atoms with van der Waals surface area (Å²) < 4.78 is 5.54. The van der Waals surface area contributed by atoms with Crippen LogP contribution < -0.4 is 10.5 Å². The Bertz CT molecular complexity index is 566. The van der Waals surface area contributed by atoms with E-state index in [1.807, 2.05) is 18.2 Å². The maximum Gasteiger partial charge on any atom is 0.335 e. The minimum atomic E-state index is -0.948. The minimum absolute atomic E-state index is 0.247. The van der Waals surface area contributed by atoms with Gasteiger partial charge >= 0.3 is 5.97 Å². The van der Waals surface area contributed by atoms with Gasteiger partial charge in [0.25, 0.3) is 0 Å². The van der Waals surface area contributed by atoms with Crippen molar-refractivity contribution in [2.75, 3.05) is 5.73 Å². The molecule has 2 aromatic carbocycles. The maximum atomic E-state index is 10.8. The Balaban J connectivity index is 2.09. The number of aromatic carboxylic acids is 1. The third kappa shape index (κ3) is 2.79. The summed E-state index contributed by atoms with van der Waals surface area (Å²) in [5, 5.41) is 8.88. The molecule has 0 unspecified atom stereocenters. The van der Waals surface area contributed by atoms with Crippen molar-refractivity contribution in [2.24, 2.45) is 0 Å². The highest BCUT2D eigenvalue weighted by Crippen LogP contribution is 2.21. The fraction of sp³-hybridized carbons (Fsp3) is 0.0714. The molecule has 4 nitrogen and oxygen atoms in total. The molecule has 0 amide bonds. The second-order valence-electron chi connectivity index (χ2n) is 3.83. The lowest BCUT2D eigenvalue weighted by molar-refractivity contribution is 0.0696. The molecular weight excluding hydrogens is 230 g/mol. The average molecular weight is 243 g/mol. The molecule has 0 radical (unpaired) electrons. The van der Waals surface area contributed by atoms with Crippen LogP contribution >= 0.6 is 0 Å². The number of hydrogen-bond acceptors (Lipinski definition) is 3. The number of para-hydroxylation sites is 2. The van der Waals surface area contributed by atoms with Gasteiger partial charge in [-0.3, -0.25) is 0 Å². The predicted octanol–water partition coefficient (Wildman–Crippen LogP) is 2.55. The number of ether oxygens (including phenoxy) is 1. The van der Waals surface area contributed by atoms with Gasteiger partial charge in [0.05, 0.1) is 11.3 Å². The smallest absolute Gasteiger partial charge is 0.335 e. The topological polar surface area (TPSA) is 72.5 Å². The van der Waals surface area contributed by atoms with Gasteiger partial charge in [0.1, 0.15) is 12.4 Å². The number of carbonyl (C=O) groups is 1. The predicted molar refractivity (Wildman–Crippen MR) is 68.6 cm³/mol. The van der Waals surface area contributed by atoms with Crippen LogP contribution in [0.5, 0.6) is 5.75 Å². The van der Waals surface area contributed by atoms with Crippen molar-refractivity contribution >= 4 is 11.7 Å². The lowest BCUT2D eigenvalue weighted by Gasteiger charge is -2.08. The molecule has 92 valence electrons. The fourth-order valence-electron chi connectivity index (χ4n) is 1.57. The van der Waals surface area contributed by atoms with E-state index >= 15 is 0 Å². The van der Waals surface area contributed by atoms with Gasteiger partial charge in [0, 0.05) is 0 Å². The number of nitrogen functional groups attached to an aromatic ring is 1. The molecule has 0 saturated heterocycles. The second kappa shape index (κ2) is 5.23. The van der Waals surface area contributed by atoms with Crippen LogP contribution in [0.4, 0.5) is 5.69 Å². The molecule has 3 N–H and O–H groups in total. The highest BCUT2D eigenvalue weighted by molar-refractivity contribution is 5.87. The van der Waals surface area contributed by atoms with Crippen molar-refractivity contribution in [2.45, 2.75) is 6.61 Å². The molecule has 0 saturated carbocycles. The van der Waals surface area contributed by atoms with Crippen LogP contribution in [0.1, 0.15) is 15.9 Å². The van der Waals surface area contributed by atoms with Gasteiger partial charge in [-0.05, 0) is 29.8 Å². The molecule has 0 aliphatic carbocycles. The van der Waals surface area contributed by atoms with E-state index in [1.165, 1.54) is 0 Å². The Morgan fingerprint density at radius 3 is 2.67 bits per heavy atom. The number of benzene rings is 2. The summed E-state index contributed by atoms with van der Waals surface area (Å²) in [6.45, 7) is 0.287. The molecule has 0 aliphatic heterocycles. The molecule has 4 heteroatoms. The van der Waals surface area contributed by atoms with E-state index in [0.717, 1.165) is 5.56 Å². The van der Waals surface area contributed by atoms with E-state index in [9.17, 15) is 4.79 Å². The van der Waals surface area contributed by atoms with Crippen LogP contribution in [0.3, 0.4) is 0 Å². The van der Waals surface area contributed by atoms with Gasteiger partial charge in [-0.15, -0.1) is 0 Å². The van der Waals surface area contributed by atoms with Crippen molar-refractivity contribution in [1.29, 1.82) is 0 Å². The Hall–Kier alpha value is -2.49. The number of hydrogen-bond donors (Lipinski definition) is 2. The van der Waals surface area contributed by atoms with Gasteiger partial charge in [0.2, 0.25) is 0 Å². The zero-order valence-corrected chi connectivity index (χ0v) is 9.67. The van der Waals surface area contributed by atoms with Crippen LogP contribution in [0, 0.1) is 0 Å². The molecule has 2 aromatic rings. The highest BCUT2D eigenvalue weighted by atomic mass is 16.5. The molecule has 0 aromatic heterocycles. The van der Waals surface area contributed by atoms with Gasteiger partial charge < -0.3 is 15.6 Å². The van der Waals surface area contributed by atoms with Crippen molar-refractivity contribution in [1.82, 2.24) is 0 Å². The van der Waals surface area contributed by atoms with E-state index in [0.29, 0.717) is 11.4 Å². The molecule has 0 heterocycles. The van der Waals surface area contributed by atoms with Gasteiger partial charge in [-0.2, -0.15) is 0 Å². The molecule has 2 rings (SSSR count). The first-order valence-corrected chi connectivity index (χ1v) is 5.46. The van der Waals surface area contributed by atoms with Crippen molar-refractivity contribution in [3.63, 3.8) is 0 Å². The molecule has 0 spiro atoms. The summed E-state index contributed by atoms with van der Waals surface area (Å²) in [6, 6.07) is 13.8. The fourth-order valence-corrected chi connectivity index (χ4v) is 1.57. The zero-order valence-electron chi connectivity index (χ0n) is 9.67. The first-order valence-electron chi connectivity index (χ1n) is 5.46. The number of anilines is 1. The number of rotatable bonds is 4. The van der Waals surface area contributed by atoms with Crippen LogP contribution in [0.2, 0.25) is 0 Å². The number of carboxylic acid groups (broad SMARTS) is 1. The molecular formula is C14H13NO3. The van der Waals surface area contributed by atoms with Crippen LogP contribution in [-0.4, -0.2) is 11.1 Å². The van der Waals surface area contributed by atoms with Gasteiger partial charge in [-0.25, -0.2) is 4.79 Å². The molecule has 0 atom stereocenters. The lowest BCUT2D eigenvalue weighted by Crippen LogP contribution is -2.01. The number of nitrogens with two attached hydrogens (primary N) is 1. The largest absolute Gasteiger partial charge is 0.487 e. The van der Waals surface area contributed by atoms with Gasteiger partial charge in [0.15, 0.2) is 0 Å². The molecule has 0 aliphatic rings. The quantitative estimate of drug-likeness (QED) is 0.809. The Morgan fingerprint density at radius 1 is 1.17 bits per heavy atom. The van der Waals surface area contributed by atoms with E-state index in [4.69, 9.17) is 15.6 Å². The monoisotopic (exact) mass is 243 g/mol. The Kier molecular flexibility index (Phi) is 3.48. The van der Waals surface area contributed by atoms with Crippen LogP contribution in [0.25, 0.3) is 0 Å². The zero-order chi connectivity index (χ0) is 13.0. The Morgan fingerprint density at radius 2 is 1.94 bits per heavy atom. The summed E-state index contributed by atoms with van der Waals surface area (Å²) in [7, 11) is 0. The van der Waals surface area contributed by atoms with E-state index in [1.54, 1.807) is 30.3 Å². The van der Waals surface area contributed by atoms with Crippen molar-refractivity contribution in [3.8, 4) is 5.75 Å². The summed E-state index contributed by atoms with van der Waals surface area (Å²) >= 11 is 0. The van der Waals surface area contributed by atoms with E-state index in [2.05, 4.69) is 0 Å². The Labute approximate surface area is 105 Å². The first-order chi connectivity index (χ1) is 8.66. The SMILES string of the molecule is Nc1ccccc1OCc1cccc(C(=O)O)c1. The highest BCUT2D eigenvalue weighted by Gasteiger charge is 2.04. The summed E-state index contributed by atoms with van der Waals surface area (Å²) in [4.78, 5) is 10.8. The van der Waals surface area contributed by atoms with E-state index < -0.39 is 5.97 Å². The third-order valence-electron chi connectivity index (χ3n) is 2.49. The van der Waals surface area contributed by atoms with E-state index in [-0.39, 0.29) is 12.2 Å². The minimum Gasteiger partial charge on any atom is -0.487 e. The lowest BCUT2D eigenvalue weighted by atomic mass is 10.1. The first kappa shape index (κ1) is 12.0. The molecule has 0 fully saturated rings. The molecule has 0 bridgehead atoms. The van der Waals surface area contributed by atoms with Crippen molar-refractivity contribution in [3.05, 3.63) is 59.7 Å². The van der Waals surface area contributed by atoms with Crippen molar-refractivity contribution < 1.29 is 14.6 Å². The summed E-state index contributed by atoms with van der Waals surface area (Å²) in [5.74, 6) is -0.352. The normalized spacial score (nSPS) is 10.0. The van der Waals surface area contributed by atoms with Gasteiger partial charge in [-0.1, -0.05) is 24.3 Å². The second-order valence-corrected chi connectivity index (χ2v) is 3.83. The third-order valence-corrected chi connectivity index (χ3v) is 2.49. The molecule has 18 heavy (non-hydrogen) atoms. The number of carboxylic acids is 1. The average Bonchev–Trinajstić information content (AvgIpc) is 2.38. The summed E-state index contributed by atoms with van der Waals surface area (Å²) in [5.41, 5.74) is 7.34. The van der Waals surface area contributed by atoms with Crippen LogP contribution in [0.15, 0.2) is 48.5 Å². The standard InChI is InChI=1S/C14H13NO3/c15-12-6-1-2-7-13(12)18-9-10-4-3-5-11(8-10)14(16)17/h1-8H,9,15H2,(H,16,17). The van der Waals surface area contributed by atoms with Crippen LogP contribution in [-0.2, 0) is 6.61 Å². The maximum absolute atomic E-state index is 10.8.